The monoisotopic (exact) mass is 440 g/mol. The van der Waals surface area contributed by atoms with E-state index in [1.807, 2.05) is 12.2 Å². The maximum absolute atomic E-state index is 13.2. The van der Waals surface area contributed by atoms with Gasteiger partial charge in [0, 0.05) is 35.6 Å². The fraction of sp³-hybridized carbons (Fsp3) is 0.273. The van der Waals surface area contributed by atoms with E-state index in [2.05, 4.69) is 10.6 Å². The van der Waals surface area contributed by atoms with Crippen LogP contribution in [-0.4, -0.2) is 22.2 Å². The van der Waals surface area contributed by atoms with E-state index < -0.39 is 22.3 Å². The van der Waals surface area contributed by atoms with Crippen molar-refractivity contribution in [1.29, 1.82) is 0 Å². The van der Waals surface area contributed by atoms with Gasteiger partial charge < -0.3 is 21.0 Å². The van der Waals surface area contributed by atoms with Gasteiger partial charge in [-0.3, -0.25) is 9.59 Å². The van der Waals surface area contributed by atoms with Gasteiger partial charge in [-0.15, -0.1) is 0 Å². The first-order valence-corrected chi connectivity index (χ1v) is 10.3. The van der Waals surface area contributed by atoms with Crippen LogP contribution in [0.1, 0.15) is 12.8 Å². The molecular weight excluding hydrogens is 416 g/mol. The van der Waals surface area contributed by atoms with Crippen LogP contribution in [0.3, 0.4) is 0 Å². The lowest BCUT2D eigenvalue weighted by Gasteiger charge is -2.43. The second-order valence-electron chi connectivity index (χ2n) is 8.09. The number of anilines is 2. The van der Waals surface area contributed by atoms with Crippen molar-refractivity contribution < 1.29 is 30.5 Å². The van der Waals surface area contributed by atoms with Crippen LogP contribution in [0, 0.1) is 34.1 Å². The predicted molar refractivity (Wildman–Crippen MR) is 114 cm³/mol. The molecule has 2 aromatic rings. The molecule has 10 heteroatoms. The Bertz CT molecular complexity index is 925. The molecule has 0 saturated heterocycles. The van der Waals surface area contributed by atoms with Crippen molar-refractivity contribution in [2.45, 2.75) is 12.8 Å². The lowest BCUT2D eigenvalue weighted by molar-refractivity contribution is -0.991. The summed E-state index contributed by atoms with van der Waals surface area (Å²) >= 11 is 0. The van der Waals surface area contributed by atoms with Crippen LogP contribution >= 0.6 is 0 Å². The molecule has 0 heterocycles. The highest BCUT2D eigenvalue weighted by Crippen LogP contribution is 2.45. The first-order valence-electron chi connectivity index (χ1n) is 10.3. The Morgan fingerprint density at radius 3 is 1.34 bits per heavy atom. The molecule has 1 saturated carbocycles. The quantitative estimate of drug-likeness (QED) is 0.290. The summed E-state index contributed by atoms with van der Waals surface area (Å²) in [6.45, 7) is 0. The minimum absolute atomic E-state index is 0.0663. The van der Waals surface area contributed by atoms with Gasteiger partial charge in [-0.2, -0.15) is 10.5 Å². The molecule has 0 aliphatic heterocycles. The van der Waals surface area contributed by atoms with Crippen molar-refractivity contribution in [2.75, 3.05) is 10.6 Å². The van der Waals surface area contributed by atoms with E-state index in [9.17, 15) is 20.0 Å². The topological polar surface area (TPSA) is 154 Å². The number of allylic oxidation sites excluding steroid dienone is 2. The number of nitrogens with one attached hydrogen (secondary N) is 4. The molecule has 2 amide bonds. The zero-order chi connectivity index (χ0) is 22.8. The van der Waals surface area contributed by atoms with Crippen molar-refractivity contribution in [3.8, 4) is 0 Å². The second kappa shape index (κ2) is 9.17. The van der Waals surface area contributed by atoms with E-state index in [0.29, 0.717) is 11.4 Å². The van der Waals surface area contributed by atoms with Crippen LogP contribution < -0.4 is 21.1 Å². The fourth-order valence-corrected chi connectivity index (χ4v) is 4.55. The summed E-state index contributed by atoms with van der Waals surface area (Å²) in [5.41, 5.74) is 1.17. The Balaban J connectivity index is 1.50. The van der Waals surface area contributed by atoms with Gasteiger partial charge in [0.05, 0.1) is 11.8 Å². The van der Waals surface area contributed by atoms with E-state index in [1.54, 1.807) is 0 Å². The largest absolute Gasteiger partial charge is 0.595 e. The number of carbonyl (C=O) groups is 2. The van der Waals surface area contributed by atoms with Gasteiger partial charge in [-0.1, -0.05) is 12.2 Å². The number of fused-ring (bicyclic) bond motifs is 2. The molecule has 0 spiro atoms. The van der Waals surface area contributed by atoms with Gasteiger partial charge in [0.2, 0.25) is 11.8 Å². The van der Waals surface area contributed by atoms with Gasteiger partial charge in [-0.25, -0.2) is 10.4 Å². The Kier molecular flexibility index (Phi) is 6.33. The third kappa shape index (κ3) is 4.55. The van der Waals surface area contributed by atoms with E-state index in [0.717, 1.165) is 12.8 Å². The average Bonchev–Trinajstić information content (AvgIpc) is 2.79. The molecule has 2 bridgehead atoms. The van der Waals surface area contributed by atoms with Crippen molar-refractivity contribution in [1.82, 2.24) is 0 Å². The lowest BCUT2D eigenvalue weighted by Crippen LogP contribution is -2.99. The van der Waals surface area contributed by atoms with Crippen LogP contribution in [0.2, 0.25) is 0 Å². The molecule has 2 aromatic carbocycles. The normalized spacial score (nSPS) is 25.8. The van der Waals surface area contributed by atoms with Gasteiger partial charge in [0.25, 0.3) is 0 Å². The number of carbonyl (C=O) groups excluding carboxylic acids is 2. The highest BCUT2D eigenvalue weighted by Gasteiger charge is 2.48. The third-order valence-electron chi connectivity index (χ3n) is 6.15. The summed E-state index contributed by atoms with van der Waals surface area (Å²) in [5, 5.41) is 43.6. The minimum atomic E-state index is -1.05. The number of quaternary nitrogens is 2. The predicted octanol–water partition coefficient (Wildman–Crippen LogP) is 0.899. The lowest BCUT2D eigenvalue weighted by atomic mass is 9.61. The zero-order valence-corrected chi connectivity index (χ0v) is 17.0. The molecule has 1 fully saturated rings. The van der Waals surface area contributed by atoms with Gasteiger partial charge in [-0.05, 0) is 48.9 Å². The average molecular weight is 440 g/mol. The van der Waals surface area contributed by atoms with Gasteiger partial charge in [0.1, 0.15) is 0 Å². The van der Waals surface area contributed by atoms with Crippen LogP contribution in [0.4, 0.5) is 22.7 Å². The molecule has 0 aromatic heterocycles. The van der Waals surface area contributed by atoms with Crippen molar-refractivity contribution >= 4 is 34.6 Å². The Morgan fingerprint density at radius 2 is 1.06 bits per heavy atom. The molecule has 3 aliphatic carbocycles. The molecule has 2 unspecified atom stereocenters. The number of amides is 2. The molecule has 10 nitrogen and oxygen atoms in total. The van der Waals surface area contributed by atoms with Crippen LogP contribution in [0.5, 0.6) is 0 Å². The van der Waals surface area contributed by atoms with E-state index in [4.69, 9.17) is 10.4 Å². The van der Waals surface area contributed by atoms with Gasteiger partial charge in [0.15, 0.2) is 11.4 Å². The smallest absolute Gasteiger partial charge is 0.228 e. The molecule has 6 atom stereocenters. The fourth-order valence-electron chi connectivity index (χ4n) is 4.55. The summed E-state index contributed by atoms with van der Waals surface area (Å²) < 4.78 is 0. The summed E-state index contributed by atoms with van der Waals surface area (Å²) in [6.07, 6.45) is 5.62. The summed E-state index contributed by atoms with van der Waals surface area (Å²) in [6, 6.07) is 11.8. The molecule has 3 aliphatic rings. The maximum atomic E-state index is 13.2. The Labute approximate surface area is 183 Å². The SMILES string of the molecule is O=C(Nc1ccc([NH+]([O-])O)cc1)[C@H]1[C@H](C(=O)Nc2ccc([NH+]([O-])O)cc2)[C@@H]2C=C[C@@H]1CC2. The Morgan fingerprint density at radius 1 is 0.719 bits per heavy atom. The molecule has 6 N–H and O–H groups in total. The van der Waals surface area contributed by atoms with E-state index in [1.165, 1.54) is 48.5 Å². The number of hydrogen-bond acceptors (Lipinski definition) is 6. The maximum Gasteiger partial charge on any atom is 0.228 e. The van der Waals surface area contributed by atoms with Crippen molar-refractivity contribution in [2.24, 2.45) is 23.7 Å². The molecular formula is C22H24N4O6. The van der Waals surface area contributed by atoms with Gasteiger partial charge >= 0.3 is 0 Å². The number of rotatable bonds is 6. The molecule has 0 radical (unpaired) electrons. The molecule has 5 rings (SSSR count). The third-order valence-corrected chi connectivity index (χ3v) is 6.15. The number of hydrogen-bond donors (Lipinski definition) is 6. The summed E-state index contributed by atoms with van der Waals surface area (Å²) in [4.78, 5) is 26.3. The molecule has 32 heavy (non-hydrogen) atoms. The van der Waals surface area contributed by atoms with Crippen LogP contribution in [-0.2, 0) is 9.59 Å². The standard InChI is InChI=1S/C22H24N4O6/c27-21(23-15-5-9-17(10-6-15)25(29)30)19-13-1-2-14(4-3-13)20(19)22(28)24-16-7-11-18(12-8-16)26(31)32/h1-2,5-14,19-20,25-26,29,31H,3-4H2,(H,23,27)(H,24,28)/t13-,14-,19-,20-/m1/s1. The van der Waals surface area contributed by atoms with E-state index in [-0.39, 0.29) is 35.0 Å². The highest BCUT2D eigenvalue weighted by atomic mass is 16.8. The van der Waals surface area contributed by atoms with Crippen LogP contribution in [0.15, 0.2) is 60.7 Å². The summed E-state index contributed by atoms with van der Waals surface area (Å²) in [5.74, 6) is -1.82. The first kappa shape index (κ1) is 22.1. The second-order valence-corrected chi connectivity index (χ2v) is 8.09. The minimum Gasteiger partial charge on any atom is -0.595 e. The highest BCUT2D eigenvalue weighted by molar-refractivity contribution is 6.00. The first-order chi connectivity index (χ1) is 15.3. The Hall–Kier alpha value is -3.12. The zero-order valence-electron chi connectivity index (χ0n) is 17.0. The number of benzene rings is 2. The summed E-state index contributed by atoms with van der Waals surface area (Å²) in [7, 11) is 0. The van der Waals surface area contributed by atoms with E-state index >= 15 is 0 Å². The van der Waals surface area contributed by atoms with Crippen molar-refractivity contribution in [3.63, 3.8) is 0 Å². The van der Waals surface area contributed by atoms with Crippen molar-refractivity contribution in [3.05, 3.63) is 71.1 Å². The molecule has 168 valence electrons. The van der Waals surface area contributed by atoms with Crippen LogP contribution in [0.25, 0.3) is 0 Å².